The first-order valence-corrected chi connectivity index (χ1v) is 4.85. The Morgan fingerprint density at radius 1 is 1.50 bits per heavy atom. The number of hydrogen-bond acceptors (Lipinski definition) is 4. The minimum Gasteiger partial charge on any atom is -0.408 e. The third-order valence-corrected chi connectivity index (χ3v) is 2.28. The van der Waals surface area contributed by atoms with Crippen molar-refractivity contribution in [3.8, 4) is 0 Å². The summed E-state index contributed by atoms with van der Waals surface area (Å²) in [6.45, 7) is 4.20. The van der Waals surface area contributed by atoms with Crippen molar-refractivity contribution in [2.24, 2.45) is 0 Å². The summed E-state index contributed by atoms with van der Waals surface area (Å²) in [4.78, 5) is 0. The van der Waals surface area contributed by atoms with E-state index in [-0.39, 0.29) is 12.5 Å². The standard InChI is InChI=1S/C9H14FN3O/c1-6(2)7-12-13-8(14-7)11-5-9(10)3-4-9/h6H,3-5H2,1-2H3,(H,11,13). The summed E-state index contributed by atoms with van der Waals surface area (Å²) < 4.78 is 18.5. The van der Waals surface area contributed by atoms with Crippen LogP contribution in [0.4, 0.5) is 10.4 Å². The van der Waals surface area contributed by atoms with Crippen molar-refractivity contribution in [1.82, 2.24) is 10.2 Å². The third-order valence-electron chi connectivity index (χ3n) is 2.28. The van der Waals surface area contributed by atoms with E-state index >= 15 is 0 Å². The van der Waals surface area contributed by atoms with Gasteiger partial charge in [0.1, 0.15) is 5.67 Å². The lowest BCUT2D eigenvalue weighted by Gasteiger charge is -2.03. The van der Waals surface area contributed by atoms with Crippen LogP contribution in [0.3, 0.4) is 0 Å². The maximum absolute atomic E-state index is 13.2. The van der Waals surface area contributed by atoms with Gasteiger partial charge in [0, 0.05) is 5.92 Å². The van der Waals surface area contributed by atoms with Crippen molar-refractivity contribution in [3.63, 3.8) is 0 Å². The van der Waals surface area contributed by atoms with Crippen LogP contribution in [0.1, 0.15) is 38.5 Å². The first-order chi connectivity index (χ1) is 6.59. The fourth-order valence-electron chi connectivity index (χ4n) is 1.09. The summed E-state index contributed by atoms with van der Waals surface area (Å²) >= 11 is 0. The highest BCUT2D eigenvalue weighted by Gasteiger charge is 2.43. The van der Waals surface area contributed by atoms with Gasteiger partial charge in [0.05, 0.1) is 6.54 Å². The molecule has 1 saturated carbocycles. The molecule has 5 heteroatoms. The van der Waals surface area contributed by atoms with E-state index in [1.54, 1.807) is 0 Å². The number of hydrogen-bond donors (Lipinski definition) is 1. The number of nitrogens with zero attached hydrogens (tertiary/aromatic N) is 2. The lowest BCUT2D eigenvalue weighted by Crippen LogP contribution is -2.16. The number of anilines is 1. The van der Waals surface area contributed by atoms with E-state index in [1.807, 2.05) is 13.8 Å². The maximum Gasteiger partial charge on any atom is 0.315 e. The van der Waals surface area contributed by atoms with Gasteiger partial charge in [-0.05, 0) is 12.8 Å². The van der Waals surface area contributed by atoms with E-state index in [2.05, 4.69) is 15.5 Å². The average molecular weight is 199 g/mol. The lowest BCUT2D eigenvalue weighted by molar-refractivity contribution is 0.323. The maximum atomic E-state index is 13.2. The second-order valence-electron chi connectivity index (χ2n) is 4.10. The van der Waals surface area contributed by atoms with Crippen LogP contribution >= 0.6 is 0 Å². The highest BCUT2D eigenvalue weighted by atomic mass is 19.1. The van der Waals surface area contributed by atoms with Gasteiger partial charge in [-0.15, -0.1) is 5.10 Å². The summed E-state index contributed by atoms with van der Waals surface area (Å²) in [5.41, 5.74) is -1.04. The number of nitrogens with one attached hydrogen (secondary N) is 1. The topological polar surface area (TPSA) is 51.0 Å². The average Bonchev–Trinajstić information content (AvgIpc) is 2.68. The Hall–Kier alpha value is -1.13. The number of alkyl halides is 1. The number of aromatic nitrogens is 2. The van der Waals surface area contributed by atoms with Gasteiger partial charge in [0.15, 0.2) is 0 Å². The summed E-state index contributed by atoms with van der Waals surface area (Å²) in [7, 11) is 0. The van der Waals surface area contributed by atoms with Gasteiger partial charge in [0.2, 0.25) is 5.89 Å². The molecule has 0 aromatic carbocycles. The molecule has 1 N–H and O–H groups in total. The van der Waals surface area contributed by atoms with Crippen molar-refractivity contribution in [2.75, 3.05) is 11.9 Å². The van der Waals surface area contributed by atoms with Crippen LogP contribution in [0, 0.1) is 0 Å². The number of rotatable bonds is 4. The predicted molar refractivity (Wildman–Crippen MR) is 49.9 cm³/mol. The molecule has 0 bridgehead atoms. The summed E-state index contributed by atoms with van der Waals surface area (Å²) in [5, 5.41) is 10.4. The van der Waals surface area contributed by atoms with E-state index in [0.717, 1.165) is 0 Å². The van der Waals surface area contributed by atoms with Crippen LogP contribution in [0.5, 0.6) is 0 Å². The lowest BCUT2D eigenvalue weighted by atomic mass is 10.2. The molecule has 0 spiro atoms. The second-order valence-corrected chi connectivity index (χ2v) is 4.10. The molecule has 1 aromatic heterocycles. The molecule has 0 saturated heterocycles. The van der Waals surface area contributed by atoms with Crippen molar-refractivity contribution in [1.29, 1.82) is 0 Å². The molecule has 1 aliphatic carbocycles. The van der Waals surface area contributed by atoms with Gasteiger partial charge in [0.25, 0.3) is 0 Å². The molecule has 0 atom stereocenters. The molecule has 0 aliphatic heterocycles. The Kier molecular flexibility index (Phi) is 2.17. The minimum absolute atomic E-state index is 0.207. The Morgan fingerprint density at radius 3 is 2.71 bits per heavy atom. The molecule has 78 valence electrons. The van der Waals surface area contributed by atoms with Gasteiger partial charge in [-0.3, -0.25) is 0 Å². The first-order valence-electron chi connectivity index (χ1n) is 4.85. The van der Waals surface area contributed by atoms with E-state index < -0.39 is 5.67 Å². The van der Waals surface area contributed by atoms with Gasteiger partial charge in [-0.2, -0.15) is 0 Å². The first kappa shape index (κ1) is 9.43. The van der Waals surface area contributed by atoms with Crippen molar-refractivity contribution in [3.05, 3.63) is 5.89 Å². The van der Waals surface area contributed by atoms with Crippen molar-refractivity contribution < 1.29 is 8.81 Å². The van der Waals surface area contributed by atoms with Crippen molar-refractivity contribution >= 4 is 6.01 Å². The van der Waals surface area contributed by atoms with E-state index in [4.69, 9.17) is 4.42 Å². The van der Waals surface area contributed by atoms with E-state index in [0.29, 0.717) is 24.7 Å². The molecular formula is C9H14FN3O. The Balaban J connectivity index is 1.90. The van der Waals surface area contributed by atoms with Crippen LogP contribution in [-0.4, -0.2) is 22.4 Å². The SMILES string of the molecule is CC(C)c1nnc(NCC2(F)CC2)o1. The van der Waals surface area contributed by atoms with Crippen LogP contribution < -0.4 is 5.32 Å². The normalized spacial score (nSPS) is 18.6. The molecular weight excluding hydrogens is 185 g/mol. The highest BCUT2D eigenvalue weighted by Crippen LogP contribution is 2.39. The quantitative estimate of drug-likeness (QED) is 0.806. The van der Waals surface area contributed by atoms with Gasteiger partial charge in [-0.1, -0.05) is 18.9 Å². The molecule has 14 heavy (non-hydrogen) atoms. The molecule has 4 nitrogen and oxygen atoms in total. The zero-order valence-corrected chi connectivity index (χ0v) is 8.38. The van der Waals surface area contributed by atoms with Gasteiger partial charge in [-0.25, -0.2) is 4.39 Å². The fraction of sp³-hybridized carbons (Fsp3) is 0.778. The molecule has 1 aliphatic rings. The summed E-state index contributed by atoms with van der Waals surface area (Å²) in [6, 6.07) is 0.317. The molecule has 1 fully saturated rings. The second kappa shape index (κ2) is 3.22. The molecule has 0 unspecified atom stereocenters. The van der Waals surface area contributed by atoms with Crippen LogP contribution in [0.15, 0.2) is 4.42 Å². The predicted octanol–water partition coefficient (Wildman–Crippen LogP) is 2.11. The van der Waals surface area contributed by atoms with Crippen LogP contribution in [0.25, 0.3) is 0 Å². The largest absolute Gasteiger partial charge is 0.408 e. The summed E-state index contributed by atoms with van der Waals surface area (Å²) in [6.07, 6.45) is 1.26. The Morgan fingerprint density at radius 2 is 2.21 bits per heavy atom. The molecule has 2 rings (SSSR count). The van der Waals surface area contributed by atoms with Gasteiger partial charge >= 0.3 is 6.01 Å². The smallest absolute Gasteiger partial charge is 0.315 e. The number of halogens is 1. The fourth-order valence-corrected chi connectivity index (χ4v) is 1.09. The third kappa shape index (κ3) is 2.02. The highest BCUT2D eigenvalue weighted by molar-refractivity contribution is 5.20. The minimum atomic E-state index is -1.04. The van der Waals surface area contributed by atoms with Gasteiger partial charge < -0.3 is 9.73 Å². The van der Waals surface area contributed by atoms with E-state index in [1.165, 1.54) is 0 Å². The Labute approximate surface area is 81.9 Å². The Bertz CT molecular complexity index is 320. The molecule has 1 aromatic rings. The van der Waals surface area contributed by atoms with E-state index in [9.17, 15) is 4.39 Å². The molecule has 0 amide bonds. The van der Waals surface area contributed by atoms with Crippen molar-refractivity contribution in [2.45, 2.75) is 38.3 Å². The zero-order valence-electron chi connectivity index (χ0n) is 8.38. The summed E-state index contributed by atoms with van der Waals surface area (Å²) in [5.74, 6) is 0.787. The molecule has 1 heterocycles. The monoisotopic (exact) mass is 199 g/mol. The van der Waals surface area contributed by atoms with Crippen LogP contribution in [0.2, 0.25) is 0 Å². The zero-order chi connectivity index (χ0) is 10.2. The van der Waals surface area contributed by atoms with Crippen LogP contribution in [-0.2, 0) is 0 Å². The molecule has 0 radical (unpaired) electrons.